The monoisotopic (exact) mass is 403 g/mol. The lowest BCUT2D eigenvalue weighted by atomic mass is 9.97. The zero-order valence-electron chi connectivity index (χ0n) is 15.5. The Morgan fingerprint density at radius 1 is 1.28 bits per heavy atom. The van der Waals surface area contributed by atoms with Gasteiger partial charge in [-0.1, -0.05) is 18.2 Å². The average molecular weight is 403 g/mol. The number of nitrogens with zero attached hydrogens (tertiary/aromatic N) is 2. The molecule has 0 bridgehead atoms. The van der Waals surface area contributed by atoms with E-state index in [0.29, 0.717) is 0 Å². The second kappa shape index (κ2) is 6.61. The van der Waals surface area contributed by atoms with Gasteiger partial charge in [0, 0.05) is 24.8 Å². The highest BCUT2D eigenvalue weighted by Gasteiger charge is 2.36. The van der Waals surface area contributed by atoms with Gasteiger partial charge in [-0.3, -0.25) is 9.59 Å². The minimum absolute atomic E-state index is 0.117. The number of benzene rings is 1. The summed E-state index contributed by atoms with van der Waals surface area (Å²) in [4.78, 5) is 30.6. The summed E-state index contributed by atoms with van der Waals surface area (Å²) >= 11 is 0. The first kappa shape index (κ1) is 19.0. The van der Waals surface area contributed by atoms with Crippen LogP contribution in [-0.2, 0) is 17.4 Å². The van der Waals surface area contributed by atoms with Crippen molar-refractivity contribution in [2.75, 3.05) is 11.9 Å². The lowest BCUT2D eigenvalue weighted by Crippen LogP contribution is -2.51. The number of rotatable bonds is 2. The molecular weight excluding hydrogens is 387 g/mol. The largest absolute Gasteiger partial charge is 0.433 e. The van der Waals surface area contributed by atoms with E-state index >= 15 is 0 Å². The first-order valence-corrected chi connectivity index (χ1v) is 8.80. The van der Waals surface area contributed by atoms with Crippen LogP contribution in [0.4, 0.5) is 18.9 Å². The number of anilines is 1. The summed E-state index contributed by atoms with van der Waals surface area (Å²) in [5.41, 5.74) is 0.541. The van der Waals surface area contributed by atoms with Crippen molar-refractivity contribution >= 4 is 28.6 Å². The number of carbonyl (C=O) groups excluding carboxylic acids is 2. The summed E-state index contributed by atoms with van der Waals surface area (Å²) in [5.74, 6) is -1.43. The molecule has 0 saturated heterocycles. The van der Waals surface area contributed by atoms with E-state index in [1.54, 1.807) is 13.1 Å². The van der Waals surface area contributed by atoms with Crippen molar-refractivity contribution in [1.29, 1.82) is 0 Å². The highest BCUT2D eigenvalue weighted by Crippen LogP contribution is 2.36. The number of para-hydroxylation sites is 1. The minimum Gasteiger partial charge on any atom is -0.433 e. The molecule has 1 aliphatic heterocycles. The maximum atomic E-state index is 13.3. The van der Waals surface area contributed by atoms with E-state index in [2.05, 4.69) is 10.3 Å². The quantitative estimate of drug-likeness (QED) is 0.711. The standard InChI is InChI=1S/C20H16F3N3O3/c1-10-7-13(20(21,22)23)12-9-16(29-18(12)24-10)17(27)25-14-8-11-5-3-4-6-15(11)26(2)19(14)28/h3-7,9,14H,8H2,1-2H3,(H,25,27). The molecule has 9 heteroatoms. The number of pyridine rings is 1. The maximum Gasteiger partial charge on any atom is 0.417 e. The third-order valence-electron chi connectivity index (χ3n) is 4.87. The zero-order chi connectivity index (χ0) is 20.9. The van der Waals surface area contributed by atoms with Crippen molar-refractivity contribution < 1.29 is 27.2 Å². The van der Waals surface area contributed by atoms with Crippen molar-refractivity contribution in [3.05, 3.63) is 59.0 Å². The number of nitrogens with one attached hydrogen (secondary N) is 1. The van der Waals surface area contributed by atoms with Crippen LogP contribution >= 0.6 is 0 Å². The molecule has 1 unspecified atom stereocenters. The molecule has 150 valence electrons. The van der Waals surface area contributed by atoms with Crippen molar-refractivity contribution in [2.45, 2.75) is 25.6 Å². The van der Waals surface area contributed by atoms with Crippen molar-refractivity contribution in [3.8, 4) is 0 Å². The van der Waals surface area contributed by atoms with Gasteiger partial charge in [0.15, 0.2) is 5.76 Å². The summed E-state index contributed by atoms with van der Waals surface area (Å²) in [6.07, 6.45) is -4.34. The predicted molar refractivity (Wildman–Crippen MR) is 98.6 cm³/mol. The third-order valence-corrected chi connectivity index (χ3v) is 4.87. The van der Waals surface area contributed by atoms with E-state index in [1.165, 1.54) is 11.8 Å². The molecule has 29 heavy (non-hydrogen) atoms. The second-order valence-corrected chi connectivity index (χ2v) is 6.89. The number of fused-ring (bicyclic) bond motifs is 2. The van der Waals surface area contributed by atoms with Crippen LogP contribution < -0.4 is 10.2 Å². The molecule has 0 aliphatic carbocycles. The Balaban J connectivity index is 1.64. The van der Waals surface area contributed by atoms with E-state index in [9.17, 15) is 22.8 Å². The van der Waals surface area contributed by atoms with Gasteiger partial charge < -0.3 is 14.6 Å². The number of alkyl halides is 3. The van der Waals surface area contributed by atoms with Crippen LogP contribution in [-0.4, -0.2) is 29.9 Å². The lowest BCUT2D eigenvalue weighted by molar-refractivity contribution is -0.136. The Labute approximate surface area is 163 Å². The van der Waals surface area contributed by atoms with Crippen LogP contribution in [0.5, 0.6) is 0 Å². The SMILES string of the molecule is Cc1cc(C(F)(F)F)c2cc(C(=O)NC3Cc4ccccc4N(C)C3=O)oc2n1. The smallest absolute Gasteiger partial charge is 0.417 e. The van der Waals surface area contributed by atoms with Crippen LogP contribution in [0, 0.1) is 6.92 Å². The van der Waals surface area contributed by atoms with Gasteiger partial charge >= 0.3 is 6.18 Å². The molecule has 1 N–H and O–H groups in total. The number of aryl methyl sites for hydroxylation is 1. The predicted octanol–water partition coefficient (Wildman–Crippen LogP) is 3.47. The van der Waals surface area contributed by atoms with Gasteiger partial charge in [-0.25, -0.2) is 4.98 Å². The van der Waals surface area contributed by atoms with Gasteiger partial charge in [0.05, 0.1) is 10.9 Å². The molecule has 0 spiro atoms. The van der Waals surface area contributed by atoms with E-state index in [1.807, 2.05) is 18.2 Å². The molecule has 6 nitrogen and oxygen atoms in total. The minimum atomic E-state index is -4.62. The number of likely N-dealkylation sites (N-methyl/N-ethyl adjacent to an activating group) is 1. The molecular formula is C20H16F3N3O3. The molecule has 4 rings (SSSR count). The summed E-state index contributed by atoms with van der Waals surface area (Å²) in [6, 6.07) is 8.34. The Morgan fingerprint density at radius 3 is 2.72 bits per heavy atom. The number of furan rings is 1. The van der Waals surface area contributed by atoms with E-state index in [0.717, 1.165) is 23.4 Å². The number of amides is 2. The van der Waals surface area contributed by atoms with Crippen LogP contribution in [0.25, 0.3) is 11.1 Å². The fourth-order valence-corrected chi connectivity index (χ4v) is 3.50. The number of hydrogen-bond acceptors (Lipinski definition) is 4. The average Bonchev–Trinajstić information content (AvgIpc) is 3.08. The highest BCUT2D eigenvalue weighted by molar-refractivity contribution is 6.04. The van der Waals surface area contributed by atoms with E-state index in [4.69, 9.17) is 4.42 Å². The molecule has 3 heterocycles. The Hall–Kier alpha value is -3.36. The van der Waals surface area contributed by atoms with Crippen molar-refractivity contribution in [2.24, 2.45) is 0 Å². The van der Waals surface area contributed by atoms with Gasteiger partial charge in [-0.2, -0.15) is 13.2 Å². The molecule has 0 radical (unpaired) electrons. The number of hydrogen-bond donors (Lipinski definition) is 1. The number of carbonyl (C=O) groups is 2. The molecule has 1 aromatic carbocycles. The Kier molecular flexibility index (Phi) is 4.33. The molecule has 1 aliphatic rings. The first-order chi connectivity index (χ1) is 13.6. The van der Waals surface area contributed by atoms with Crippen molar-refractivity contribution in [3.63, 3.8) is 0 Å². The fraction of sp³-hybridized carbons (Fsp3) is 0.250. The van der Waals surface area contributed by atoms with Crippen molar-refractivity contribution in [1.82, 2.24) is 10.3 Å². The van der Waals surface area contributed by atoms with E-state index in [-0.39, 0.29) is 34.9 Å². The third kappa shape index (κ3) is 3.32. The summed E-state index contributed by atoms with van der Waals surface area (Å²) in [6.45, 7) is 1.41. The van der Waals surface area contributed by atoms with Gasteiger partial charge in [0.25, 0.3) is 5.91 Å². The number of halogens is 3. The van der Waals surface area contributed by atoms with Crippen LogP contribution in [0.15, 0.2) is 40.8 Å². The Bertz CT molecular complexity index is 1140. The van der Waals surface area contributed by atoms with E-state index < -0.39 is 23.7 Å². The summed E-state index contributed by atoms with van der Waals surface area (Å²) in [5, 5.41) is 2.26. The summed E-state index contributed by atoms with van der Waals surface area (Å²) in [7, 11) is 1.60. The maximum absolute atomic E-state index is 13.3. The first-order valence-electron chi connectivity index (χ1n) is 8.80. The van der Waals surface area contributed by atoms with Gasteiger partial charge in [0.1, 0.15) is 6.04 Å². The van der Waals surface area contributed by atoms with Gasteiger partial charge in [0.2, 0.25) is 11.6 Å². The summed E-state index contributed by atoms with van der Waals surface area (Å²) < 4.78 is 45.2. The molecule has 0 fully saturated rings. The molecule has 2 aromatic heterocycles. The second-order valence-electron chi connectivity index (χ2n) is 6.89. The number of aromatic nitrogens is 1. The Morgan fingerprint density at radius 2 is 2.00 bits per heavy atom. The van der Waals surface area contributed by atoms with Crippen LogP contribution in [0.3, 0.4) is 0 Å². The van der Waals surface area contributed by atoms with Gasteiger partial charge in [-0.05, 0) is 30.7 Å². The van der Waals surface area contributed by atoms with Crippen LogP contribution in [0.2, 0.25) is 0 Å². The fourth-order valence-electron chi connectivity index (χ4n) is 3.50. The van der Waals surface area contributed by atoms with Gasteiger partial charge in [-0.15, -0.1) is 0 Å². The molecule has 0 saturated carbocycles. The van der Waals surface area contributed by atoms with Crippen LogP contribution in [0.1, 0.15) is 27.4 Å². The highest BCUT2D eigenvalue weighted by atomic mass is 19.4. The molecule has 1 atom stereocenters. The topological polar surface area (TPSA) is 75.4 Å². The normalized spacial score (nSPS) is 16.8. The molecule has 3 aromatic rings. The zero-order valence-corrected chi connectivity index (χ0v) is 15.5. The molecule has 2 amide bonds. The lowest BCUT2D eigenvalue weighted by Gasteiger charge is -2.31.